The van der Waals surface area contributed by atoms with E-state index in [1.165, 1.54) is 36.4 Å². The Kier molecular flexibility index (Phi) is 7.65. The lowest BCUT2D eigenvalue weighted by Crippen LogP contribution is -2.58. The number of aromatic hydroxyl groups is 1. The van der Waals surface area contributed by atoms with Crippen LogP contribution in [-0.4, -0.2) is 88.1 Å². The van der Waals surface area contributed by atoms with Gasteiger partial charge >= 0.3 is 19.1 Å². The minimum atomic E-state index is -1.54. The SMILES string of the molecule is CCN1CCN(C(=O)NC(C(=O)N[C@H]2Cc3cccc(C(=O)O)c3OB2O)c2ccc(O)cc2)C(=O)C1. The van der Waals surface area contributed by atoms with Crippen molar-refractivity contribution in [2.24, 2.45) is 0 Å². The molecule has 2 heterocycles. The molecule has 1 fully saturated rings. The van der Waals surface area contributed by atoms with E-state index in [0.717, 1.165) is 4.90 Å². The van der Waals surface area contributed by atoms with E-state index in [0.29, 0.717) is 24.2 Å². The van der Waals surface area contributed by atoms with E-state index in [4.69, 9.17) is 4.65 Å². The quantitative estimate of drug-likeness (QED) is 0.340. The summed E-state index contributed by atoms with van der Waals surface area (Å²) in [5, 5.41) is 34.8. The van der Waals surface area contributed by atoms with Crippen molar-refractivity contribution < 1.29 is 39.1 Å². The topological polar surface area (TPSA) is 169 Å². The summed E-state index contributed by atoms with van der Waals surface area (Å²) >= 11 is 0. The molecule has 2 atom stereocenters. The Balaban J connectivity index is 1.53. The number of imide groups is 1. The molecule has 2 aliphatic heterocycles. The highest BCUT2D eigenvalue weighted by atomic mass is 16.5. The highest BCUT2D eigenvalue weighted by Crippen LogP contribution is 2.30. The molecule has 0 saturated carbocycles. The maximum Gasteiger partial charge on any atom is 0.547 e. The number of carbonyl (C=O) groups excluding carboxylic acids is 3. The molecular weight excluding hydrogens is 483 g/mol. The number of carboxylic acids is 1. The highest BCUT2D eigenvalue weighted by Gasteiger charge is 2.39. The summed E-state index contributed by atoms with van der Waals surface area (Å²) in [6.45, 7) is 3.35. The maximum absolute atomic E-state index is 13.4. The fourth-order valence-electron chi connectivity index (χ4n) is 4.36. The predicted octanol–water partition coefficient (Wildman–Crippen LogP) is 0.145. The molecule has 5 N–H and O–H groups in total. The molecule has 12 nitrogen and oxygen atoms in total. The molecule has 4 amide bonds. The van der Waals surface area contributed by atoms with Gasteiger partial charge in [-0.05, 0) is 42.3 Å². The van der Waals surface area contributed by atoms with Gasteiger partial charge in [0.2, 0.25) is 11.8 Å². The number of rotatable bonds is 6. The minimum Gasteiger partial charge on any atom is -0.534 e. The van der Waals surface area contributed by atoms with Gasteiger partial charge in [-0.3, -0.25) is 19.4 Å². The zero-order chi connectivity index (χ0) is 26.7. The number of carboxylic acid groups (broad SMARTS) is 1. The summed E-state index contributed by atoms with van der Waals surface area (Å²) in [6, 6.07) is 8.15. The second-order valence-corrected chi connectivity index (χ2v) is 8.81. The van der Waals surface area contributed by atoms with Crippen molar-refractivity contribution in [1.82, 2.24) is 20.4 Å². The van der Waals surface area contributed by atoms with Crippen LogP contribution in [0.1, 0.15) is 34.5 Å². The van der Waals surface area contributed by atoms with E-state index in [1.807, 2.05) is 11.8 Å². The Morgan fingerprint density at radius 3 is 2.54 bits per heavy atom. The lowest BCUT2D eigenvalue weighted by molar-refractivity contribution is -0.133. The number of piperazine rings is 1. The molecular formula is C24H27BN4O8. The van der Waals surface area contributed by atoms with Gasteiger partial charge in [0.05, 0.1) is 18.0 Å². The van der Waals surface area contributed by atoms with E-state index < -0.39 is 42.9 Å². The number of urea groups is 1. The third kappa shape index (κ3) is 5.68. The number of nitrogens with one attached hydrogen (secondary N) is 2. The average Bonchev–Trinajstić information content (AvgIpc) is 2.87. The van der Waals surface area contributed by atoms with E-state index in [9.17, 15) is 34.4 Å². The normalized spacial score (nSPS) is 18.4. The van der Waals surface area contributed by atoms with Gasteiger partial charge in [-0.15, -0.1) is 0 Å². The largest absolute Gasteiger partial charge is 0.547 e. The van der Waals surface area contributed by atoms with Crippen LogP contribution >= 0.6 is 0 Å². The van der Waals surface area contributed by atoms with Crippen LogP contribution in [0.15, 0.2) is 42.5 Å². The predicted molar refractivity (Wildman–Crippen MR) is 131 cm³/mol. The van der Waals surface area contributed by atoms with Gasteiger partial charge in [-0.1, -0.05) is 31.2 Å². The van der Waals surface area contributed by atoms with Crippen LogP contribution in [0.4, 0.5) is 4.79 Å². The molecule has 0 aliphatic carbocycles. The van der Waals surface area contributed by atoms with Crippen LogP contribution in [0.5, 0.6) is 11.5 Å². The van der Waals surface area contributed by atoms with Gasteiger partial charge in [-0.25, -0.2) is 9.59 Å². The molecule has 1 unspecified atom stereocenters. The third-order valence-corrected chi connectivity index (χ3v) is 6.43. The number of para-hydroxylation sites is 1. The van der Waals surface area contributed by atoms with Crippen LogP contribution in [0, 0.1) is 0 Å². The molecule has 0 bridgehead atoms. The summed E-state index contributed by atoms with van der Waals surface area (Å²) in [5.74, 6) is -3.25. The Morgan fingerprint density at radius 1 is 1.16 bits per heavy atom. The molecule has 0 radical (unpaired) electrons. The number of nitrogens with zero attached hydrogens (tertiary/aromatic N) is 2. The summed E-state index contributed by atoms with van der Waals surface area (Å²) in [7, 11) is -1.54. The summed E-state index contributed by atoms with van der Waals surface area (Å²) in [4.78, 5) is 53.3. The van der Waals surface area contributed by atoms with Crippen LogP contribution < -0.4 is 15.3 Å². The second kappa shape index (κ2) is 10.9. The van der Waals surface area contributed by atoms with Crippen molar-refractivity contribution in [3.05, 3.63) is 59.2 Å². The monoisotopic (exact) mass is 510 g/mol. The van der Waals surface area contributed by atoms with E-state index >= 15 is 0 Å². The molecule has 1 saturated heterocycles. The summed E-state index contributed by atoms with van der Waals surface area (Å²) < 4.78 is 5.43. The van der Waals surface area contributed by atoms with Gasteiger partial charge in [0.15, 0.2) is 0 Å². The van der Waals surface area contributed by atoms with Crippen LogP contribution in [-0.2, 0) is 16.0 Å². The number of likely N-dealkylation sites (N-methyl/N-ethyl adjacent to an activating group) is 1. The smallest absolute Gasteiger partial charge is 0.534 e. The molecule has 0 aromatic heterocycles. The molecule has 0 spiro atoms. The number of hydrogen-bond acceptors (Lipinski definition) is 8. The second-order valence-electron chi connectivity index (χ2n) is 8.81. The van der Waals surface area contributed by atoms with Crippen molar-refractivity contribution in [1.29, 1.82) is 0 Å². The standard InChI is InChI=1S/C24H27BN4O8/c1-2-28-10-11-29(19(31)13-28)24(35)27-20(14-6-8-16(30)9-7-14)22(32)26-18-12-15-4-3-5-17(23(33)34)21(15)37-25(18)36/h3-9,18,20,30,36H,2,10-13H2,1H3,(H,26,32)(H,27,35)(H,33,34)/t18-,20?/m0/s1. The number of benzene rings is 2. The lowest BCUT2D eigenvalue weighted by atomic mass is 9.72. The first kappa shape index (κ1) is 26.0. The Bertz CT molecular complexity index is 1210. The van der Waals surface area contributed by atoms with Gasteiger partial charge in [0.25, 0.3) is 0 Å². The van der Waals surface area contributed by atoms with Crippen molar-refractivity contribution in [2.45, 2.75) is 25.3 Å². The molecule has 2 aromatic carbocycles. The zero-order valence-corrected chi connectivity index (χ0v) is 20.1. The van der Waals surface area contributed by atoms with Crippen LogP contribution in [0.2, 0.25) is 0 Å². The fraction of sp³-hybridized carbons (Fsp3) is 0.333. The van der Waals surface area contributed by atoms with Crippen molar-refractivity contribution >= 4 is 30.9 Å². The lowest BCUT2D eigenvalue weighted by Gasteiger charge is -2.34. The summed E-state index contributed by atoms with van der Waals surface area (Å²) in [6.07, 6.45) is 0.0804. The summed E-state index contributed by atoms with van der Waals surface area (Å²) in [5.41, 5.74) is 0.714. The average molecular weight is 510 g/mol. The molecule has 2 aliphatic rings. The number of phenolic OH excluding ortho intramolecular Hbond substituents is 1. The Hall–Kier alpha value is -4.10. The number of aromatic carboxylic acids is 1. The molecule has 13 heteroatoms. The first-order valence-corrected chi connectivity index (χ1v) is 11.8. The van der Waals surface area contributed by atoms with Crippen molar-refractivity contribution in [3.63, 3.8) is 0 Å². The molecule has 4 rings (SSSR count). The number of amides is 4. The van der Waals surface area contributed by atoms with Gasteiger partial charge in [0.1, 0.15) is 17.5 Å². The first-order chi connectivity index (χ1) is 17.7. The van der Waals surface area contributed by atoms with Crippen LogP contribution in [0.25, 0.3) is 0 Å². The number of carbonyl (C=O) groups is 4. The van der Waals surface area contributed by atoms with E-state index in [1.54, 1.807) is 6.07 Å². The van der Waals surface area contributed by atoms with Crippen molar-refractivity contribution in [3.8, 4) is 11.5 Å². The maximum atomic E-state index is 13.4. The zero-order valence-electron chi connectivity index (χ0n) is 20.1. The van der Waals surface area contributed by atoms with Gasteiger partial charge < -0.3 is 30.5 Å². The van der Waals surface area contributed by atoms with Gasteiger partial charge in [-0.2, -0.15) is 0 Å². The molecule has 194 valence electrons. The molecule has 2 aromatic rings. The van der Waals surface area contributed by atoms with Crippen LogP contribution in [0.3, 0.4) is 0 Å². The fourth-order valence-corrected chi connectivity index (χ4v) is 4.36. The minimum absolute atomic E-state index is 0.0288. The number of hydrogen-bond donors (Lipinski definition) is 5. The van der Waals surface area contributed by atoms with E-state index in [-0.39, 0.29) is 36.6 Å². The first-order valence-electron chi connectivity index (χ1n) is 11.8. The van der Waals surface area contributed by atoms with Gasteiger partial charge in [0, 0.05) is 13.1 Å². The Morgan fingerprint density at radius 2 is 1.89 bits per heavy atom. The van der Waals surface area contributed by atoms with Crippen molar-refractivity contribution in [2.75, 3.05) is 26.2 Å². The number of fused-ring (bicyclic) bond motifs is 1. The molecule has 37 heavy (non-hydrogen) atoms. The Labute approximate surface area is 213 Å². The highest BCUT2D eigenvalue weighted by molar-refractivity contribution is 6.47. The third-order valence-electron chi connectivity index (χ3n) is 6.43. The van der Waals surface area contributed by atoms with E-state index in [2.05, 4.69) is 10.6 Å². The number of phenols is 1.